The van der Waals surface area contributed by atoms with E-state index in [2.05, 4.69) is 20.3 Å². The van der Waals surface area contributed by atoms with Crippen molar-refractivity contribution in [1.29, 1.82) is 0 Å². The van der Waals surface area contributed by atoms with Crippen LogP contribution in [0.4, 0.5) is 11.6 Å². The molecular weight excluding hydrogens is 326 g/mol. The summed E-state index contributed by atoms with van der Waals surface area (Å²) < 4.78 is 0. The molecule has 6 heteroatoms. The summed E-state index contributed by atoms with van der Waals surface area (Å²) in [6.45, 7) is 0. The molecule has 0 unspecified atom stereocenters. The average Bonchev–Trinajstić information content (AvgIpc) is 2.63. The summed E-state index contributed by atoms with van der Waals surface area (Å²) >= 11 is 0. The Bertz CT molecular complexity index is 903. The largest absolute Gasteiger partial charge is 0.368 e. The number of aromatic nitrogens is 3. The average molecular weight is 345 g/mol. The fraction of sp³-hybridized carbons (Fsp3) is 0.200. The van der Waals surface area contributed by atoms with Crippen LogP contribution in [0.3, 0.4) is 0 Å². The quantitative estimate of drug-likeness (QED) is 0.757. The Morgan fingerprint density at radius 1 is 0.962 bits per heavy atom. The van der Waals surface area contributed by atoms with Gasteiger partial charge in [0.2, 0.25) is 11.9 Å². The van der Waals surface area contributed by atoms with E-state index in [1.54, 1.807) is 36.9 Å². The van der Waals surface area contributed by atoms with Crippen molar-refractivity contribution in [1.82, 2.24) is 15.0 Å². The molecular formula is C20H19N5O. The van der Waals surface area contributed by atoms with Crippen LogP contribution in [-0.4, -0.2) is 20.9 Å². The van der Waals surface area contributed by atoms with Crippen molar-refractivity contribution in [2.75, 3.05) is 11.1 Å². The molecule has 1 saturated carbocycles. The topological polar surface area (TPSA) is 93.8 Å². The third-order valence-corrected chi connectivity index (χ3v) is 5.02. The molecule has 0 spiro atoms. The minimum atomic E-state index is -0.459. The van der Waals surface area contributed by atoms with Gasteiger partial charge in [0.1, 0.15) is 0 Å². The third-order valence-electron chi connectivity index (χ3n) is 5.02. The number of anilines is 2. The summed E-state index contributed by atoms with van der Waals surface area (Å²) in [6.07, 6.45) is 9.51. The molecule has 2 aromatic heterocycles. The van der Waals surface area contributed by atoms with Crippen molar-refractivity contribution in [3.8, 4) is 11.1 Å². The van der Waals surface area contributed by atoms with E-state index in [9.17, 15) is 4.79 Å². The van der Waals surface area contributed by atoms with Gasteiger partial charge < -0.3 is 11.1 Å². The predicted molar refractivity (Wildman–Crippen MR) is 100 cm³/mol. The number of nitrogens with one attached hydrogen (secondary N) is 1. The van der Waals surface area contributed by atoms with Crippen LogP contribution in [0.5, 0.6) is 0 Å². The van der Waals surface area contributed by atoms with Crippen molar-refractivity contribution >= 4 is 17.5 Å². The van der Waals surface area contributed by atoms with Gasteiger partial charge in [-0.2, -0.15) is 0 Å². The van der Waals surface area contributed by atoms with Gasteiger partial charge in [-0.15, -0.1) is 0 Å². The number of benzene rings is 1. The van der Waals surface area contributed by atoms with Gasteiger partial charge in [0.05, 0.1) is 5.41 Å². The van der Waals surface area contributed by atoms with Crippen LogP contribution in [0.25, 0.3) is 11.1 Å². The zero-order chi connectivity index (χ0) is 18.0. The summed E-state index contributed by atoms with van der Waals surface area (Å²) in [5, 5.41) is 3.02. The summed E-state index contributed by atoms with van der Waals surface area (Å²) in [4.78, 5) is 25.0. The molecule has 0 aliphatic heterocycles. The van der Waals surface area contributed by atoms with Gasteiger partial charge in [0.15, 0.2) is 0 Å². The van der Waals surface area contributed by atoms with Gasteiger partial charge in [0, 0.05) is 36.0 Å². The van der Waals surface area contributed by atoms with Crippen LogP contribution in [-0.2, 0) is 10.2 Å². The van der Waals surface area contributed by atoms with E-state index in [1.165, 1.54) is 0 Å². The van der Waals surface area contributed by atoms with Gasteiger partial charge in [-0.05, 0) is 36.1 Å². The fourth-order valence-electron chi connectivity index (χ4n) is 3.33. The van der Waals surface area contributed by atoms with Crippen LogP contribution >= 0.6 is 0 Å². The lowest BCUT2D eigenvalue weighted by Gasteiger charge is -2.40. The Hall–Kier alpha value is -3.28. The number of hydrogen-bond donors (Lipinski definition) is 2. The smallest absolute Gasteiger partial charge is 0.235 e. The highest BCUT2D eigenvalue weighted by molar-refractivity contribution is 6.00. The summed E-state index contributed by atoms with van der Waals surface area (Å²) in [5.74, 6) is 0.296. The first-order chi connectivity index (χ1) is 12.7. The second kappa shape index (κ2) is 6.55. The van der Waals surface area contributed by atoms with E-state index in [-0.39, 0.29) is 11.9 Å². The van der Waals surface area contributed by atoms with Crippen LogP contribution in [0.15, 0.2) is 61.2 Å². The number of pyridine rings is 1. The van der Waals surface area contributed by atoms with Crippen molar-refractivity contribution in [3.63, 3.8) is 0 Å². The number of carbonyl (C=O) groups is 1. The Labute approximate surface area is 151 Å². The first-order valence-electron chi connectivity index (χ1n) is 8.57. The Morgan fingerprint density at radius 3 is 2.19 bits per heavy atom. The second-order valence-corrected chi connectivity index (χ2v) is 6.53. The molecule has 130 valence electrons. The molecule has 1 aromatic carbocycles. The minimum Gasteiger partial charge on any atom is -0.368 e. The zero-order valence-corrected chi connectivity index (χ0v) is 14.2. The number of nitrogen functional groups attached to an aromatic ring is 1. The molecule has 0 saturated heterocycles. The number of hydrogen-bond acceptors (Lipinski definition) is 5. The SMILES string of the molecule is Nc1ncc(-c2ccc(C3(C(=O)Nc4ccncc4)CCC3)cc2)cn1. The van der Waals surface area contributed by atoms with Gasteiger partial charge >= 0.3 is 0 Å². The monoisotopic (exact) mass is 345 g/mol. The fourth-order valence-corrected chi connectivity index (χ4v) is 3.33. The molecule has 6 nitrogen and oxygen atoms in total. The van der Waals surface area contributed by atoms with Gasteiger partial charge in [-0.1, -0.05) is 30.7 Å². The van der Waals surface area contributed by atoms with Gasteiger partial charge in [-0.25, -0.2) is 9.97 Å². The standard InChI is InChI=1S/C20H19N5O/c21-19-23-12-15(13-24-19)14-2-4-16(5-3-14)20(8-1-9-20)18(26)25-17-6-10-22-11-7-17/h2-7,10-13H,1,8-9H2,(H2,21,23,24)(H,22,25,26). The van der Waals surface area contributed by atoms with E-state index < -0.39 is 5.41 Å². The molecule has 0 atom stereocenters. The number of carbonyl (C=O) groups excluding carboxylic acids is 1. The Balaban J connectivity index is 1.58. The third kappa shape index (κ3) is 2.90. The molecule has 1 amide bonds. The van der Waals surface area contributed by atoms with E-state index in [4.69, 9.17) is 5.73 Å². The van der Waals surface area contributed by atoms with Crippen molar-refractivity contribution in [3.05, 3.63) is 66.7 Å². The van der Waals surface area contributed by atoms with E-state index in [0.717, 1.165) is 41.6 Å². The normalized spacial score (nSPS) is 15.1. The number of amides is 1. The van der Waals surface area contributed by atoms with Crippen molar-refractivity contribution < 1.29 is 4.79 Å². The van der Waals surface area contributed by atoms with Gasteiger partial charge in [0.25, 0.3) is 0 Å². The van der Waals surface area contributed by atoms with Crippen molar-refractivity contribution in [2.45, 2.75) is 24.7 Å². The van der Waals surface area contributed by atoms with Crippen LogP contribution in [0, 0.1) is 0 Å². The number of rotatable bonds is 4. The molecule has 1 aliphatic carbocycles. The Kier molecular flexibility index (Phi) is 4.08. The molecule has 4 rings (SSSR count). The molecule has 2 heterocycles. The lowest BCUT2D eigenvalue weighted by molar-refractivity contribution is -0.124. The molecule has 3 aromatic rings. The first-order valence-corrected chi connectivity index (χ1v) is 8.57. The molecule has 0 radical (unpaired) electrons. The Morgan fingerprint density at radius 2 is 1.62 bits per heavy atom. The van der Waals surface area contributed by atoms with Crippen LogP contribution in [0.1, 0.15) is 24.8 Å². The maximum Gasteiger partial charge on any atom is 0.235 e. The minimum absolute atomic E-state index is 0.0403. The maximum absolute atomic E-state index is 12.9. The predicted octanol–water partition coefficient (Wildman–Crippen LogP) is 3.18. The number of nitrogens with two attached hydrogens (primary N) is 1. The molecule has 3 N–H and O–H groups in total. The highest BCUT2D eigenvalue weighted by Crippen LogP contribution is 2.45. The van der Waals surface area contributed by atoms with E-state index in [0.29, 0.717) is 0 Å². The lowest BCUT2D eigenvalue weighted by Crippen LogP contribution is -2.46. The van der Waals surface area contributed by atoms with Crippen LogP contribution in [0.2, 0.25) is 0 Å². The molecule has 0 bridgehead atoms. The summed E-state index contributed by atoms with van der Waals surface area (Å²) in [5.41, 5.74) is 8.78. The molecule has 1 fully saturated rings. The van der Waals surface area contributed by atoms with Gasteiger partial charge in [-0.3, -0.25) is 9.78 Å². The molecule has 1 aliphatic rings. The highest BCUT2D eigenvalue weighted by atomic mass is 16.2. The molecule has 26 heavy (non-hydrogen) atoms. The summed E-state index contributed by atoms with van der Waals surface area (Å²) in [6, 6.07) is 11.7. The lowest BCUT2D eigenvalue weighted by atomic mass is 9.63. The van der Waals surface area contributed by atoms with Crippen LogP contribution < -0.4 is 11.1 Å². The zero-order valence-electron chi connectivity index (χ0n) is 14.2. The van der Waals surface area contributed by atoms with Crippen molar-refractivity contribution in [2.24, 2.45) is 0 Å². The maximum atomic E-state index is 12.9. The second-order valence-electron chi connectivity index (χ2n) is 6.53. The first kappa shape index (κ1) is 16.2. The number of nitrogens with zero attached hydrogens (tertiary/aromatic N) is 3. The highest BCUT2D eigenvalue weighted by Gasteiger charge is 2.45. The summed E-state index contributed by atoms with van der Waals surface area (Å²) in [7, 11) is 0. The van der Waals surface area contributed by atoms with E-state index >= 15 is 0 Å². The van der Waals surface area contributed by atoms with E-state index in [1.807, 2.05) is 24.3 Å².